The van der Waals surface area contributed by atoms with Gasteiger partial charge in [-0.1, -0.05) is 0 Å². The molecule has 1 saturated heterocycles. The highest BCUT2D eigenvalue weighted by Crippen LogP contribution is 2.09. The second-order valence-electron chi connectivity index (χ2n) is 2.00. The van der Waals surface area contributed by atoms with Crippen molar-refractivity contribution in [2.24, 2.45) is 0 Å². The molecule has 0 aromatic carbocycles. The summed E-state index contributed by atoms with van der Waals surface area (Å²) >= 11 is 5.47. The van der Waals surface area contributed by atoms with Crippen LogP contribution in [-0.2, 0) is 9.47 Å². The lowest BCUT2D eigenvalue weighted by molar-refractivity contribution is -0.0467. The minimum Gasteiger partial charge on any atom is -0.350 e. The molecule has 0 bridgehead atoms. The molecule has 0 aromatic rings. The number of hydrogen-bond donors (Lipinski definition) is 0. The molecule has 0 amide bonds. The molecule has 1 aliphatic heterocycles. The average molecular weight is 151 g/mol. The van der Waals surface area contributed by atoms with Crippen molar-refractivity contribution < 1.29 is 9.47 Å². The largest absolute Gasteiger partial charge is 0.350 e. The Morgan fingerprint density at radius 2 is 2.00 bits per heavy atom. The molecule has 0 N–H and O–H groups in total. The van der Waals surface area contributed by atoms with E-state index in [4.69, 9.17) is 21.1 Å². The highest BCUT2D eigenvalue weighted by molar-refractivity contribution is 6.17. The van der Waals surface area contributed by atoms with Crippen LogP contribution in [0.4, 0.5) is 0 Å². The highest BCUT2D eigenvalue weighted by Gasteiger charge is 2.13. The molecular weight excluding hydrogens is 140 g/mol. The minimum atomic E-state index is 0.0312. The Morgan fingerprint density at radius 3 is 2.56 bits per heavy atom. The zero-order chi connectivity index (χ0) is 6.53. The zero-order valence-corrected chi connectivity index (χ0v) is 6.06. The smallest absolute Gasteiger partial charge is 0.157 e. The Balaban J connectivity index is 1.98. The van der Waals surface area contributed by atoms with E-state index in [-0.39, 0.29) is 6.29 Å². The van der Waals surface area contributed by atoms with E-state index in [1.165, 1.54) is 0 Å². The number of alkyl halides is 1. The van der Waals surface area contributed by atoms with Gasteiger partial charge >= 0.3 is 0 Å². The van der Waals surface area contributed by atoms with Gasteiger partial charge in [0.2, 0.25) is 0 Å². The van der Waals surface area contributed by atoms with E-state index >= 15 is 0 Å². The minimum absolute atomic E-state index is 0.0312. The molecule has 0 atom stereocenters. The lowest BCUT2D eigenvalue weighted by Crippen LogP contribution is -2.06. The summed E-state index contributed by atoms with van der Waals surface area (Å²) in [6.45, 7) is 1.49. The van der Waals surface area contributed by atoms with E-state index in [1.807, 2.05) is 0 Å². The lowest BCUT2D eigenvalue weighted by atomic mass is 10.3. The van der Waals surface area contributed by atoms with E-state index in [9.17, 15) is 0 Å². The fraction of sp³-hybridized carbons (Fsp3) is 1.00. The third kappa shape index (κ3) is 2.52. The first-order valence-electron chi connectivity index (χ1n) is 3.22. The van der Waals surface area contributed by atoms with Crippen LogP contribution < -0.4 is 0 Å². The van der Waals surface area contributed by atoms with Gasteiger partial charge in [-0.3, -0.25) is 0 Å². The molecular formula is C6H11ClO2. The Hall–Kier alpha value is 0.210. The summed E-state index contributed by atoms with van der Waals surface area (Å²) in [7, 11) is 0. The molecule has 1 aliphatic rings. The van der Waals surface area contributed by atoms with Gasteiger partial charge in [-0.15, -0.1) is 11.6 Å². The molecule has 1 heterocycles. The van der Waals surface area contributed by atoms with Crippen LogP contribution in [0.5, 0.6) is 0 Å². The van der Waals surface area contributed by atoms with Gasteiger partial charge in [0, 0.05) is 5.88 Å². The van der Waals surface area contributed by atoms with Crippen LogP contribution in [-0.4, -0.2) is 25.4 Å². The van der Waals surface area contributed by atoms with E-state index in [2.05, 4.69) is 0 Å². The fourth-order valence-corrected chi connectivity index (χ4v) is 0.972. The third-order valence-corrected chi connectivity index (χ3v) is 1.53. The first-order valence-corrected chi connectivity index (χ1v) is 3.76. The molecule has 3 heteroatoms. The topological polar surface area (TPSA) is 18.5 Å². The maximum absolute atomic E-state index is 5.47. The maximum atomic E-state index is 5.47. The molecule has 0 unspecified atom stereocenters. The Morgan fingerprint density at radius 1 is 1.33 bits per heavy atom. The summed E-state index contributed by atoms with van der Waals surface area (Å²) in [4.78, 5) is 0. The van der Waals surface area contributed by atoms with E-state index in [0.29, 0.717) is 5.88 Å². The van der Waals surface area contributed by atoms with Crippen LogP contribution in [0.2, 0.25) is 0 Å². The highest BCUT2D eigenvalue weighted by atomic mass is 35.5. The average Bonchev–Trinajstić information content (AvgIpc) is 2.34. The Kier molecular flexibility index (Phi) is 3.33. The summed E-state index contributed by atoms with van der Waals surface area (Å²) in [6, 6.07) is 0. The second-order valence-corrected chi connectivity index (χ2v) is 2.38. The summed E-state index contributed by atoms with van der Waals surface area (Å²) in [5, 5.41) is 0. The third-order valence-electron chi connectivity index (χ3n) is 1.26. The van der Waals surface area contributed by atoms with Gasteiger partial charge in [-0.05, 0) is 12.8 Å². The predicted molar refractivity (Wildman–Crippen MR) is 35.6 cm³/mol. The van der Waals surface area contributed by atoms with Crippen LogP contribution in [0.3, 0.4) is 0 Å². The molecule has 9 heavy (non-hydrogen) atoms. The maximum Gasteiger partial charge on any atom is 0.157 e. The summed E-state index contributed by atoms with van der Waals surface area (Å²) in [6.07, 6.45) is 1.94. The van der Waals surface area contributed by atoms with Crippen molar-refractivity contribution in [3.05, 3.63) is 0 Å². The SMILES string of the molecule is ClCCCC1OCCO1. The van der Waals surface area contributed by atoms with Crippen LogP contribution in [0.15, 0.2) is 0 Å². The van der Waals surface area contributed by atoms with Crippen molar-refractivity contribution in [1.29, 1.82) is 0 Å². The molecule has 0 spiro atoms. The van der Waals surface area contributed by atoms with Crippen molar-refractivity contribution >= 4 is 11.6 Å². The molecule has 0 aliphatic carbocycles. The van der Waals surface area contributed by atoms with Crippen molar-refractivity contribution in [1.82, 2.24) is 0 Å². The van der Waals surface area contributed by atoms with Gasteiger partial charge in [0.15, 0.2) is 6.29 Å². The molecule has 1 rings (SSSR count). The van der Waals surface area contributed by atoms with E-state index < -0.39 is 0 Å². The second kappa shape index (κ2) is 4.09. The fourth-order valence-electron chi connectivity index (χ4n) is 0.818. The van der Waals surface area contributed by atoms with Gasteiger partial charge in [-0.2, -0.15) is 0 Å². The number of rotatable bonds is 3. The zero-order valence-electron chi connectivity index (χ0n) is 5.31. The van der Waals surface area contributed by atoms with Crippen molar-refractivity contribution in [3.8, 4) is 0 Å². The molecule has 0 radical (unpaired) electrons. The number of halogens is 1. The van der Waals surface area contributed by atoms with Crippen LogP contribution in [0, 0.1) is 0 Å². The normalized spacial score (nSPS) is 21.0. The van der Waals surface area contributed by atoms with Gasteiger partial charge in [0.25, 0.3) is 0 Å². The van der Waals surface area contributed by atoms with Gasteiger partial charge in [0.1, 0.15) is 0 Å². The Labute approximate surface area is 60.1 Å². The first-order chi connectivity index (χ1) is 4.43. The van der Waals surface area contributed by atoms with Crippen molar-refractivity contribution in [2.45, 2.75) is 19.1 Å². The quantitative estimate of drug-likeness (QED) is 0.566. The van der Waals surface area contributed by atoms with E-state index in [1.54, 1.807) is 0 Å². The molecule has 2 nitrogen and oxygen atoms in total. The number of hydrogen-bond acceptors (Lipinski definition) is 2. The standard InChI is InChI=1S/C6H11ClO2/c7-3-1-2-6-8-4-5-9-6/h6H,1-5H2. The van der Waals surface area contributed by atoms with Gasteiger partial charge in [-0.25, -0.2) is 0 Å². The molecule has 1 fully saturated rings. The lowest BCUT2D eigenvalue weighted by Gasteiger charge is -2.05. The summed E-state index contributed by atoms with van der Waals surface area (Å²) in [5.41, 5.74) is 0. The summed E-state index contributed by atoms with van der Waals surface area (Å²) in [5.74, 6) is 0.698. The predicted octanol–water partition coefficient (Wildman–Crippen LogP) is 1.38. The molecule has 54 valence electrons. The van der Waals surface area contributed by atoms with Gasteiger partial charge < -0.3 is 9.47 Å². The van der Waals surface area contributed by atoms with Crippen LogP contribution in [0.25, 0.3) is 0 Å². The first kappa shape index (κ1) is 7.32. The number of ether oxygens (including phenoxy) is 2. The van der Waals surface area contributed by atoms with Gasteiger partial charge in [0.05, 0.1) is 13.2 Å². The monoisotopic (exact) mass is 150 g/mol. The molecule has 0 aromatic heterocycles. The summed E-state index contributed by atoms with van der Waals surface area (Å²) < 4.78 is 10.3. The van der Waals surface area contributed by atoms with E-state index in [0.717, 1.165) is 26.1 Å². The van der Waals surface area contributed by atoms with Crippen LogP contribution in [0.1, 0.15) is 12.8 Å². The Bertz CT molecular complexity index is 71.5. The van der Waals surface area contributed by atoms with Crippen LogP contribution >= 0.6 is 11.6 Å². The van der Waals surface area contributed by atoms with Crippen molar-refractivity contribution in [2.75, 3.05) is 19.1 Å². The van der Waals surface area contributed by atoms with Crippen molar-refractivity contribution in [3.63, 3.8) is 0 Å². The molecule has 0 saturated carbocycles.